The topological polar surface area (TPSA) is 92.2 Å². The van der Waals surface area contributed by atoms with Crippen molar-refractivity contribution in [3.63, 3.8) is 0 Å². The van der Waals surface area contributed by atoms with Gasteiger partial charge in [-0.05, 0) is 43.3 Å². The van der Waals surface area contributed by atoms with Crippen LogP contribution in [-0.4, -0.2) is 39.3 Å². The third-order valence-corrected chi connectivity index (χ3v) is 3.68. The Morgan fingerprint density at radius 3 is 2.57 bits per heavy atom. The fourth-order valence-corrected chi connectivity index (χ4v) is 2.37. The van der Waals surface area contributed by atoms with Crippen LogP contribution < -0.4 is 15.4 Å². The lowest BCUT2D eigenvalue weighted by Gasteiger charge is -2.14. The van der Waals surface area contributed by atoms with Gasteiger partial charge < -0.3 is 20.5 Å². The average Bonchev–Trinajstić information content (AvgIpc) is 2.69. The van der Waals surface area contributed by atoms with Crippen molar-refractivity contribution in [1.29, 1.82) is 0 Å². The fourth-order valence-electron chi connectivity index (χ4n) is 2.37. The summed E-state index contributed by atoms with van der Waals surface area (Å²) in [6, 6.07) is 11.3. The molecule has 3 N–H and O–H groups in total. The monoisotopic (exact) mass is 387 g/mol. The number of nitrogens with zero attached hydrogens (tertiary/aromatic N) is 3. The lowest BCUT2D eigenvalue weighted by Crippen LogP contribution is -2.21. The Bertz CT molecular complexity index is 895. The van der Waals surface area contributed by atoms with Gasteiger partial charge in [0, 0.05) is 35.8 Å². The Morgan fingerprint density at radius 2 is 1.93 bits per heavy atom. The minimum absolute atomic E-state index is 0.0680. The van der Waals surface area contributed by atoms with E-state index < -0.39 is 6.61 Å². The van der Waals surface area contributed by atoms with Gasteiger partial charge >= 0.3 is 6.61 Å². The highest BCUT2D eigenvalue weighted by atomic mass is 19.3. The number of aromatic nitrogens is 3. The second-order valence-electron chi connectivity index (χ2n) is 5.96. The number of rotatable bonds is 8. The molecule has 0 bridgehead atoms. The van der Waals surface area contributed by atoms with Crippen LogP contribution in [0.5, 0.6) is 5.75 Å². The molecule has 1 atom stereocenters. The number of ether oxygens (including phenoxy) is 1. The molecule has 3 aromatic rings. The number of anilines is 3. The summed E-state index contributed by atoms with van der Waals surface area (Å²) >= 11 is 0. The molecule has 0 radical (unpaired) electrons. The molecule has 0 saturated heterocycles. The van der Waals surface area contributed by atoms with Crippen LogP contribution in [0.25, 0.3) is 11.3 Å². The minimum atomic E-state index is -2.87. The molecule has 0 amide bonds. The number of nitrogens with one attached hydrogen (secondary N) is 2. The molecule has 0 aliphatic carbocycles. The first-order valence-electron chi connectivity index (χ1n) is 8.52. The second-order valence-corrected chi connectivity index (χ2v) is 5.96. The first-order valence-corrected chi connectivity index (χ1v) is 8.52. The molecular weight excluding hydrogens is 368 g/mol. The van der Waals surface area contributed by atoms with Gasteiger partial charge in [0.2, 0.25) is 5.95 Å². The highest BCUT2D eigenvalue weighted by Crippen LogP contribution is 2.25. The summed E-state index contributed by atoms with van der Waals surface area (Å²) in [5.41, 5.74) is 2.07. The van der Waals surface area contributed by atoms with Crippen LogP contribution in [0.15, 0.2) is 54.9 Å². The van der Waals surface area contributed by atoms with E-state index in [1.165, 1.54) is 12.1 Å². The maximum Gasteiger partial charge on any atom is 0.387 e. The zero-order valence-corrected chi connectivity index (χ0v) is 15.0. The molecule has 0 aliphatic rings. The van der Waals surface area contributed by atoms with Crippen LogP contribution in [0.3, 0.4) is 0 Å². The van der Waals surface area contributed by atoms with E-state index in [-0.39, 0.29) is 18.4 Å². The highest BCUT2D eigenvalue weighted by Gasteiger charge is 2.10. The number of aliphatic hydroxyl groups is 1. The summed E-state index contributed by atoms with van der Waals surface area (Å²) in [6.45, 7) is -1.14. The van der Waals surface area contributed by atoms with Crippen LogP contribution in [0, 0.1) is 0 Å². The second kappa shape index (κ2) is 9.05. The van der Waals surface area contributed by atoms with Crippen molar-refractivity contribution in [3.05, 3.63) is 54.9 Å². The van der Waals surface area contributed by atoms with Gasteiger partial charge in [-0.2, -0.15) is 13.8 Å². The summed E-state index contributed by atoms with van der Waals surface area (Å²) in [6.07, 6.45) is 3.35. The quantitative estimate of drug-likeness (QED) is 0.543. The summed E-state index contributed by atoms with van der Waals surface area (Å²) in [5, 5.41) is 15.4. The predicted octanol–water partition coefficient (Wildman–Crippen LogP) is 3.68. The van der Waals surface area contributed by atoms with E-state index in [0.29, 0.717) is 23.1 Å². The van der Waals surface area contributed by atoms with Crippen molar-refractivity contribution in [2.24, 2.45) is 0 Å². The first-order chi connectivity index (χ1) is 13.5. The summed E-state index contributed by atoms with van der Waals surface area (Å²) in [5.74, 6) is 0.894. The van der Waals surface area contributed by atoms with E-state index >= 15 is 0 Å². The number of pyridine rings is 1. The lowest BCUT2D eigenvalue weighted by molar-refractivity contribution is -0.0498. The molecule has 0 spiro atoms. The Balaban J connectivity index is 1.87. The first kappa shape index (κ1) is 19.4. The van der Waals surface area contributed by atoms with Crippen molar-refractivity contribution < 1.29 is 18.6 Å². The van der Waals surface area contributed by atoms with E-state index in [1.54, 1.807) is 43.6 Å². The predicted molar refractivity (Wildman–Crippen MR) is 102 cm³/mol. The van der Waals surface area contributed by atoms with Crippen molar-refractivity contribution in [1.82, 2.24) is 15.0 Å². The van der Waals surface area contributed by atoms with Gasteiger partial charge in [-0.3, -0.25) is 4.98 Å². The fraction of sp³-hybridized carbons (Fsp3) is 0.211. The third kappa shape index (κ3) is 5.34. The molecule has 9 heteroatoms. The van der Waals surface area contributed by atoms with Gasteiger partial charge in [0.1, 0.15) is 11.6 Å². The van der Waals surface area contributed by atoms with Gasteiger partial charge in [-0.25, -0.2) is 4.98 Å². The van der Waals surface area contributed by atoms with Gasteiger partial charge in [-0.1, -0.05) is 0 Å². The molecule has 2 heterocycles. The van der Waals surface area contributed by atoms with Gasteiger partial charge in [-0.15, -0.1) is 0 Å². The summed E-state index contributed by atoms with van der Waals surface area (Å²) in [4.78, 5) is 13.0. The molecule has 7 nitrogen and oxygen atoms in total. The molecule has 0 saturated carbocycles. The SMILES string of the molecule is C[C@H](CO)Nc1nc(Nc2ccc(OC(F)F)cc2)cc(-c2cccnc2)n1. The number of hydrogen-bond acceptors (Lipinski definition) is 7. The van der Waals surface area contributed by atoms with E-state index in [2.05, 4.69) is 30.3 Å². The maximum atomic E-state index is 12.3. The molecule has 28 heavy (non-hydrogen) atoms. The van der Waals surface area contributed by atoms with Crippen molar-refractivity contribution in [2.45, 2.75) is 19.6 Å². The van der Waals surface area contributed by atoms with Gasteiger partial charge in [0.15, 0.2) is 0 Å². The molecule has 2 aromatic heterocycles. The molecule has 146 valence electrons. The van der Waals surface area contributed by atoms with Crippen LogP contribution in [-0.2, 0) is 0 Å². The zero-order chi connectivity index (χ0) is 19.9. The molecule has 0 aliphatic heterocycles. The van der Waals surface area contributed by atoms with Crippen LogP contribution in [0.4, 0.5) is 26.2 Å². The van der Waals surface area contributed by atoms with E-state index in [4.69, 9.17) is 0 Å². The van der Waals surface area contributed by atoms with Crippen molar-refractivity contribution >= 4 is 17.5 Å². The van der Waals surface area contributed by atoms with Gasteiger partial charge in [0.05, 0.1) is 12.3 Å². The van der Waals surface area contributed by atoms with Crippen molar-refractivity contribution in [3.8, 4) is 17.0 Å². The average molecular weight is 387 g/mol. The van der Waals surface area contributed by atoms with Crippen LogP contribution in [0.1, 0.15) is 6.92 Å². The number of hydrogen-bond donors (Lipinski definition) is 3. The largest absolute Gasteiger partial charge is 0.435 e. The zero-order valence-electron chi connectivity index (χ0n) is 15.0. The molecule has 3 rings (SSSR count). The maximum absolute atomic E-state index is 12.3. The standard InChI is InChI=1S/C19H19F2N5O2/c1-12(11-27)23-19-25-16(13-3-2-8-22-10-13)9-17(26-19)24-14-4-6-15(7-5-14)28-18(20)21/h2-10,12,18,27H,11H2,1H3,(H2,23,24,25,26)/t12-/m1/s1. The summed E-state index contributed by atoms with van der Waals surface area (Å²) in [7, 11) is 0. The number of halogens is 2. The Kier molecular flexibility index (Phi) is 6.28. The van der Waals surface area contributed by atoms with Crippen LogP contribution in [0.2, 0.25) is 0 Å². The van der Waals surface area contributed by atoms with E-state index in [0.717, 1.165) is 5.56 Å². The van der Waals surface area contributed by atoms with Crippen molar-refractivity contribution in [2.75, 3.05) is 17.2 Å². The number of aliphatic hydroxyl groups excluding tert-OH is 1. The van der Waals surface area contributed by atoms with Gasteiger partial charge in [0.25, 0.3) is 0 Å². The Morgan fingerprint density at radius 1 is 1.14 bits per heavy atom. The highest BCUT2D eigenvalue weighted by molar-refractivity contribution is 5.67. The van der Waals surface area contributed by atoms with E-state index in [9.17, 15) is 13.9 Å². The van der Waals surface area contributed by atoms with E-state index in [1.807, 2.05) is 6.07 Å². The lowest BCUT2D eigenvalue weighted by atomic mass is 10.2. The minimum Gasteiger partial charge on any atom is -0.435 e. The Labute approximate surface area is 160 Å². The molecular formula is C19H19F2N5O2. The van der Waals surface area contributed by atoms with Crippen LogP contribution >= 0.6 is 0 Å². The number of alkyl halides is 2. The number of benzene rings is 1. The summed E-state index contributed by atoms with van der Waals surface area (Å²) < 4.78 is 28.9. The normalized spacial score (nSPS) is 11.9. The smallest absolute Gasteiger partial charge is 0.387 e. The molecule has 0 unspecified atom stereocenters. The Hall–Kier alpha value is -3.33. The molecule has 0 fully saturated rings. The molecule has 1 aromatic carbocycles. The third-order valence-electron chi connectivity index (χ3n) is 3.68.